The first-order chi connectivity index (χ1) is 5.00. The average Bonchev–Trinajstić information content (AvgIpc) is 1.86. The van der Waals surface area contributed by atoms with Gasteiger partial charge in [-0.3, -0.25) is 0 Å². The second kappa shape index (κ2) is 3.96. The number of benzene rings is 1. The first kappa shape index (κ1) is 11.5. The fourth-order valence-electron chi connectivity index (χ4n) is 0.634. The molecule has 6 heteroatoms. The van der Waals surface area contributed by atoms with Crippen LogP contribution in [0.3, 0.4) is 0 Å². The molecule has 0 spiro atoms. The van der Waals surface area contributed by atoms with Crippen LogP contribution in [0, 0.1) is 0 Å². The molecular weight excluding hydrogens is 173 g/mol. The van der Waals surface area contributed by atoms with Crippen molar-refractivity contribution in [2.24, 2.45) is 0 Å². The van der Waals surface area contributed by atoms with Crippen LogP contribution in [0.5, 0.6) is 0 Å². The van der Waals surface area contributed by atoms with Gasteiger partial charge in [0.1, 0.15) is 10.1 Å². The van der Waals surface area contributed by atoms with E-state index in [0.29, 0.717) is 5.69 Å². The van der Waals surface area contributed by atoms with E-state index in [1.165, 1.54) is 24.3 Å². The van der Waals surface area contributed by atoms with E-state index in [4.69, 9.17) is 5.73 Å². The molecule has 1 rings (SSSR count). The minimum absolute atomic E-state index is 0. The monoisotopic (exact) mass is 179 g/mol. The molecule has 0 fully saturated rings. The smallest absolute Gasteiger partial charge is 0.744 e. The Labute approximate surface area is 82.7 Å². The van der Waals surface area contributed by atoms with Crippen LogP contribution in [0.2, 0.25) is 0 Å². The summed E-state index contributed by atoms with van der Waals surface area (Å²) in [5.74, 6) is 0. The third-order valence-electron chi connectivity index (χ3n) is 1.17. The van der Waals surface area contributed by atoms with Gasteiger partial charge in [-0.15, -0.1) is 0 Å². The molecule has 60 valence electrons. The summed E-state index contributed by atoms with van der Waals surface area (Å²) in [6, 6.07) is 5.09. The molecule has 0 saturated heterocycles. The summed E-state index contributed by atoms with van der Waals surface area (Å²) in [4.78, 5) is -0.258. The van der Waals surface area contributed by atoms with Crippen molar-refractivity contribution in [1.29, 1.82) is 0 Å². The molecule has 0 aliphatic heterocycles. The Hall–Kier alpha value is -0.473. The number of hydrogen-bond acceptors (Lipinski definition) is 4. The van der Waals surface area contributed by atoms with E-state index in [1.807, 2.05) is 0 Å². The van der Waals surface area contributed by atoms with Crippen molar-refractivity contribution in [1.82, 2.24) is 0 Å². The first-order valence-corrected chi connectivity index (χ1v) is 4.22. The molecule has 0 unspecified atom stereocenters. The van der Waals surface area contributed by atoms with Crippen LogP contribution >= 0.6 is 0 Å². The summed E-state index contributed by atoms with van der Waals surface area (Å²) in [6.45, 7) is 0. The Bertz CT molecular complexity index is 346. The van der Waals surface area contributed by atoms with Crippen molar-refractivity contribution in [3.63, 3.8) is 0 Å². The van der Waals surface area contributed by atoms with E-state index in [9.17, 15) is 13.0 Å². The molecule has 2 N–H and O–H groups in total. The molecule has 0 aliphatic carbocycles. The van der Waals surface area contributed by atoms with Crippen LogP contribution < -0.4 is 24.6 Å². The van der Waals surface area contributed by atoms with Crippen molar-refractivity contribution in [3.8, 4) is 0 Å². The average molecular weight is 179 g/mol. The summed E-state index contributed by atoms with van der Waals surface area (Å²) in [6.07, 6.45) is 0. The van der Waals surface area contributed by atoms with E-state index in [-0.39, 0.29) is 23.8 Å². The maximum absolute atomic E-state index is 10.3. The van der Waals surface area contributed by atoms with Gasteiger partial charge in [0.05, 0.1) is 4.90 Å². The van der Waals surface area contributed by atoms with Crippen molar-refractivity contribution in [3.05, 3.63) is 24.3 Å². The maximum atomic E-state index is 10.3. The third kappa shape index (κ3) is 2.87. The van der Waals surface area contributed by atoms with Gasteiger partial charge in [-0.05, 0) is 24.3 Å². The first-order valence-electron chi connectivity index (χ1n) is 2.81. The Kier molecular flexibility index (Phi) is 3.81. The zero-order chi connectivity index (χ0) is 8.48. The standard InChI is InChI=1S/C6H7NO3S.Li/c7-5-1-3-6(4-2-5)11(8,9)10;/h1-4H,7H2,(H,8,9,10);/q;+1/p-1. The van der Waals surface area contributed by atoms with Crippen LogP contribution in [0.15, 0.2) is 29.2 Å². The van der Waals surface area contributed by atoms with Crippen molar-refractivity contribution < 1.29 is 31.8 Å². The second-order valence-electron chi connectivity index (χ2n) is 2.02. The summed E-state index contributed by atoms with van der Waals surface area (Å²) >= 11 is 0. The molecule has 0 radical (unpaired) electrons. The molecule has 0 aliphatic rings. The fraction of sp³-hybridized carbons (Fsp3) is 0. The zero-order valence-corrected chi connectivity index (χ0v) is 7.34. The molecule has 4 nitrogen and oxygen atoms in total. The largest absolute Gasteiger partial charge is 1.00 e. The van der Waals surface area contributed by atoms with Gasteiger partial charge >= 0.3 is 18.9 Å². The number of anilines is 1. The predicted octanol–water partition coefficient (Wildman–Crippen LogP) is -2.82. The van der Waals surface area contributed by atoms with Gasteiger partial charge in [-0.1, -0.05) is 0 Å². The van der Waals surface area contributed by atoms with Gasteiger partial charge in [0.25, 0.3) is 0 Å². The van der Waals surface area contributed by atoms with Crippen LogP contribution in [-0.4, -0.2) is 13.0 Å². The minimum Gasteiger partial charge on any atom is -0.744 e. The SMILES string of the molecule is Nc1ccc(S(=O)(=O)[O-])cc1.[Li+]. The molecule has 0 amide bonds. The second-order valence-corrected chi connectivity index (χ2v) is 3.40. The Balaban J connectivity index is 0.00000121. The summed E-state index contributed by atoms with van der Waals surface area (Å²) < 4.78 is 31.0. The van der Waals surface area contributed by atoms with E-state index < -0.39 is 10.1 Å². The van der Waals surface area contributed by atoms with E-state index in [1.54, 1.807) is 0 Å². The quantitative estimate of drug-likeness (QED) is 0.286. The van der Waals surface area contributed by atoms with Crippen LogP contribution in [-0.2, 0) is 10.1 Å². The van der Waals surface area contributed by atoms with E-state index >= 15 is 0 Å². The number of nitrogen functional groups attached to an aromatic ring is 1. The number of nitrogens with two attached hydrogens (primary N) is 1. The Morgan fingerprint density at radius 2 is 1.58 bits per heavy atom. The fourth-order valence-corrected chi connectivity index (χ4v) is 1.10. The molecule has 0 bridgehead atoms. The molecule has 0 atom stereocenters. The van der Waals surface area contributed by atoms with Crippen LogP contribution in [0.4, 0.5) is 5.69 Å². The Morgan fingerprint density at radius 3 is 1.92 bits per heavy atom. The molecule has 0 heterocycles. The zero-order valence-electron chi connectivity index (χ0n) is 6.52. The van der Waals surface area contributed by atoms with Crippen molar-refractivity contribution in [2.45, 2.75) is 4.90 Å². The van der Waals surface area contributed by atoms with Crippen LogP contribution in [0.1, 0.15) is 0 Å². The predicted molar refractivity (Wildman–Crippen MR) is 38.8 cm³/mol. The number of rotatable bonds is 1. The van der Waals surface area contributed by atoms with Crippen LogP contribution in [0.25, 0.3) is 0 Å². The molecule has 1 aromatic rings. The van der Waals surface area contributed by atoms with Gasteiger partial charge in [-0.2, -0.15) is 0 Å². The van der Waals surface area contributed by atoms with E-state index in [2.05, 4.69) is 0 Å². The number of hydrogen-bond donors (Lipinski definition) is 1. The van der Waals surface area contributed by atoms with E-state index in [0.717, 1.165) is 0 Å². The maximum Gasteiger partial charge on any atom is 1.00 e. The summed E-state index contributed by atoms with van der Waals surface area (Å²) in [5.41, 5.74) is 5.70. The van der Waals surface area contributed by atoms with Crippen molar-refractivity contribution >= 4 is 15.8 Å². The van der Waals surface area contributed by atoms with Gasteiger partial charge < -0.3 is 10.3 Å². The minimum atomic E-state index is -4.33. The summed E-state index contributed by atoms with van der Waals surface area (Å²) in [5, 5.41) is 0. The normalized spacial score (nSPS) is 10.4. The van der Waals surface area contributed by atoms with Gasteiger partial charge in [0.2, 0.25) is 0 Å². The molecule has 12 heavy (non-hydrogen) atoms. The molecule has 1 aromatic carbocycles. The topological polar surface area (TPSA) is 83.2 Å². The van der Waals surface area contributed by atoms with Gasteiger partial charge in [-0.25, -0.2) is 8.42 Å². The van der Waals surface area contributed by atoms with Gasteiger partial charge in [0.15, 0.2) is 0 Å². The van der Waals surface area contributed by atoms with Crippen molar-refractivity contribution in [2.75, 3.05) is 5.73 Å². The third-order valence-corrected chi connectivity index (χ3v) is 2.02. The molecule has 0 saturated carbocycles. The summed E-state index contributed by atoms with van der Waals surface area (Å²) in [7, 11) is -4.33. The molecular formula is C6H6LiNO3S. The molecule has 0 aromatic heterocycles. The Morgan fingerprint density at radius 1 is 1.17 bits per heavy atom. The van der Waals surface area contributed by atoms with Gasteiger partial charge in [0, 0.05) is 5.69 Å².